The largest absolute Gasteiger partial charge is 0.353 e. The van der Waals surface area contributed by atoms with Gasteiger partial charge in [-0.25, -0.2) is 4.98 Å². The van der Waals surface area contributed by atoms with Crippen molar-refractivity contribution in [3.63, 3.8) is 0 Å². The van der Waals surface area contributed by atoms with E-state index < -0.39 is 0 Å². The average molecular weight is 369 g/mol. The van der Waals surface area contributed by atoms with Crippen molar-refractivity contribution in [2.24, 2.45) is 0 Å². The quantitative estimate of drug-likeness (QED) is 0.771. The summed E-state index contributed by atoms with van der Waals surface area (Å²) in [5, 5.41) is 6.30. The summed E-state index contributed by atoms with van der Waals surface area (Å²) in [6.07, 6.45) is 4.30. The van der Waals surface area contributed by atoms with Crippen LogP contribution in [0.2, 0.25) is 0 Å². The van der Waals surface area contributed by atoms with Crippen LogP contribution in [0.25, 0.3) is 0 Å². The number of aromatic nitrogens is 3. The lowest BCUT2D eigenvalue weighted by atomic mass is 10.1. The molecule has 3 heterocycles. The number of pyridine rings is 1. The zero-order chi connectivity index (χ0) is 19.2. The molecule has 27 heavy (non-hydrogen) atoms. The van der Waals surface area contributed by atoms with Gasteiger partial charge in [-0.3, -0.25) is 9.78 Å². The van der Waals surface area contributed by atoms with Gasteiger partial charge in [0.2, 0.25) is 11.9 Å². The van der Waals surface area contributed by atoms with Gasteiger partial charge < -0.3 is 20.4 Å². The zero-order valence-corrected chi connectivity index (χ0v) is 16.1. The Labute approximate surface area is 160 Å². The third-order valence-electron chi connectivity index (χ3n) is 4.55. The molecule has 1 saturated heterocycles. The number of rotatable bonds is 6. The van der Waals surface area contributed by atoms with Gasteiger partial charge in [0, 0.05) is 64.4 Å². The third kappa shape index (κ3) is 4.91. The molecule has 0 aliphatic carbocycles. The molecule has 1 amide bonds. The van der Waals surface area contributed by atoms with Gasteiger partial charge in [0.25, 0.3) is 0 Å². The van der Waals surface area contributed by atoms with Gasteiger partial charge in [0.05, 0.1) is 0 Å². The van der Waals surface area contributed by atoms with E-state index in [1.54, 1.807) is 12.4 Å². The monoisotopic (exact) mass is 369 g/mol. The lowest BCUT2D eigenvalue weighted by Crippen LogP contribution is -2.57. The highest BCUT2D eigenvalue weighted by atomic mass is 16.2. The Balaban J connectivity index is 1.67. The normalized spacial score (nSPS) is 16.9. The number of piperazine rings is 1. The smallest absolute Gasteiger partial charge is 0.239 e. The van der Waals surface area contributed by atoms with Crippen LogP contribution in [0.1, 0.15) is 18.2 Å². The maximum atomic E-state index is 12.6. The summed E-state index contributed by atoms with van der Waals surface area (Å²) in [6, 6.07) is 5.54. The second kappa shape index (κ2) is 8.77. The van der Waals surface area contributed by atoms with Crippen LogP contribution in [0, 0.1) is 0 Å². The van der Waals surface area contributed by atoms with Crippen LogP contribution in [0.15, 0.2) is 30.6 Å². The number of nitrogens with zero attached hydrogens (tertiary/aromatic N) is 5. The van der Waals surface area contributed by atoms with E-state index in [9.17, 15) is 4.79 Å². The van der Waals surface area contributed by atoms with E-state index in [0.29, 0.717) is 19.0 Å². The number of carbonyl (C=O) groups excluding carboxylic acids is 1. The van der Waals surface area contributed by atoms with E-state index in [-0.39, 0.29) is 11.9 Å². The Hall–Kier alpha value is -2.74. The van der Waals surface area contributed by atoms with E-state index in [2.05, 4.69) is 37.4 Å². The van der Waals surface area contributed by atoms with E-state index >= 15 is 0 Å². The van der Waals surface area contributed by atoms with Crippen LogP contribution < -0.4 is 20.4 Å². The number of hydrogen-bond acceptors (Lipinski definition) is 7. The van der Waals surface area contributed by atoms with Crippen LogP contribution in [-0.2, 0) is 17.8 Å². The molecule has 0 radical (unpaired) electrons. The molecule has 2 aromatic rings. The summed E-state index contributed by atoms with van der Waals surface area (Å²) in [6.45, 7) is 4.70. The van der Waals surface area contributed by atoms with Crippen molar-refractivity contribution in [2.75, 3.05) is 43.5 Å². The molecule has 1 aliphatic heterocycles. The van der Waals surface area contributed by atoms with E-state index in [0.717, 1.165) is 36.6 Å². The standard InChI is InChI=1S/C19H27N7O/c1-4-15-11-17(24-19(23-15)25(2)3)26-10-9-21-16(13-26)18(27)22-12-14-5-7-20-8-6-14/h5-8,11,16,21H,4,9-10,12-13H2,1-3H3,(H,22,27)/t16-/m0/s1. The molecular weight excluding hydrogens is 342 g/mol. The Morgan fingerprint density at radius 1 is 1.33 bits per heavy atom. The summed E-state index contributed by atoms with van der Waals surface area (Å²) in [5.41, 5.74) is 2.03. The first kappa shape index (κ1) is 19.0. The van der Waals surface area contributed by atoms with Gasteiger partial charge in [-0.05, 0) is 24.1 Å². The Kier molecular flexibility index (Phi) is 6.18. The predicted octanol–water partition coefficient (Wildman–Crippen LogP) is 0.595. The van der Waals surface area contributed by atoms with Gasteiger partial charge >= 0.3 is 0 Å². The molecule has 0 aromatic carbocycles. The molecule has 144 valence electrons. The van der Waals surface area contributed by atoms with Crippen molar-refractivity contribution in [3.05, 3.63) is 41.9 Å². The maximum absolute atomic E-state index is 12.6. The van der Waals surface area contributed by atoms with Crippen LogP contribution in [0.3, 0.4) is 0 Å². The number of nitrogens with one attached hydrogen (secondary N) is 2. The number of hydrogen-bond donors (Lipinski definition) is 2. The molecule has 8 nitrogen and oxygen atoms in total. The summed E-state index contributed by atoms with van der Waals surface area (Å²) >= 11 is 0. The van der Waals surface area contributed by atoms with Gasteiger partial charge in [-0.2, -0.15) is 4.98 Å². The third-order valence-corrected chi connectivity index (χ3v) is 4.55. The molecule has 1 atom stereocenters. The molecule has 1 aliphatic rings. The topological polar surface area (TPSA) is 86.3 Å². The first-order valence-corrected chi connectivity index (χ1v) is 9.27. The van der Waals surface area contributed by atoms with Crippen molar-refractivity contribution >= 4 is 17.7 Å². The number of aryl methyl sites for hydroxylation is 1. The SMILES string of the molecule is CCc1cc(N2CCN[C@H](C(=O)NCc3ccncc3)C2)nc(N(C)C)n1. The number of amides is 1. The van der Waals surface area contributed by atoms with Crippen molar-refractivity contribution in [2.45, 2.75) is 25.9 Å². The molecule has 0 bridgehead atoms. The molecule has 0 saturated carbocycles. The molecule has 1 fully saturated rings. The van der Waals surface area contributed by atoms with Crippen molar-refractivity contribution in [3.8, 4) is 0 Å². The molecular formula is C19H27N7O. The summed E-state index contributed by atoms with van der Waals surface area (Å²) in [5.74, 6) is 1.56. The highest BCUT2D eigenvalue weighted by Crippen LogP contribution is 2.18. The van der Waals surface area contributed by atoms with Crippen LogP contribution >= 0.6 is 0 Å². The van der Waals surface area contributed by atoms with Crippen molar-refractivity contribution in [1.82, 2.24) is 25.6 Å². The summed E-state index contributed by atoms with van der Waals surface area (Å²) in [7, 11) is 3.87. The number of carbonyl (C=O) groups is 1. The predicted molar refractivity (Wildman–Crippen MR) is 106 cm³/mol. The Morgan fingerprint density at radius 3 is 2.81 bits per heavy atom. The second-order valence-corrected chi connectivity index (χ2v) is 6.79. The van der Waals surface area contributed by atoms with Gasteiger partial charge in [-0.15, -0.1) is 0 Å². The van der Waals surface area contributed by atoms with Gasteiger partial charge in [0.1, 0.15) is 11.9 Å². The minimum absolute atomic E-state index is 0.00545. The van der Waals surface area contributed by atoms with E-state index in [1.165, 1.54) is 0 Å². The van der Waals surface area contributed by atoms with Crippen LogP contribution in [-0.4, -0.2) is 60.6 Å². The van der Waals surface area contributed by atoms with Gasteiger partial charge in [-0.1, -0.05) is 6.92 Å². The van der Waals surface area contributed by atoms with E-state index in [1.807, 2.05) is 37.2 Å². The van der Waals surface area contributed by atoms with Crippen LogP contribution in [0.5, 0.6) is 0 Å². The minimum Gasteiger partial charge on any atom is -0.353 e. The van der Waals surface area contributed by atoms with Crippen molar-refractivity contribution in [1.29, 1.82) is 0 Å². The first-order valence-electron chi connectivity index (χ1n) is 9.27. The highest BCUT2D eigenvalue weighted by Gasteiger charge is 2.26. The fourth-order valence-electron chi connectivity index (χ4n) is 2.96. The fourth-order valence-corrected chi connectivity index (χ4v) is 2.96. The fraction of sp³-hybridized carbons (Fsp3) is 0.474. The highest BCUT2D eigenvalue weighted by molar-refractivity contribution is 5.82. The lowest BCUT2D eigenvalue weighted by Gasteiger charge is -2.34. The molecule has 3 rings (SSSR count). The van der Waals surface area contributed by atoms with E-state index in [4.69, 9.17) is 0 Å². The molecule has 0 spiro atoms. The molecule has 8 heteroatoms. The molecule has 2 N–H and O–H groups in total. The van der Waals surface area contributed by atoms with Gasteiger partial charge in [0.15, 0.2) is 0 Å². The first-order chi connectivity index (χ1) is 13.1. The lowest BCUT2D eigenvalue weighted by molar-refractivity contribution is -0.123. The summed E-state index contributed by atoms with van der Waals surface area (Å²) in [4.78, 5) is 29.9. The summed E-state index contributed by atoms with van der Waals surface area (Å²) < 4.78 is 0. The number of anilines is 2. The average Bonchev–Trinajstić information content (AvgIpc) is 2.72. The maximum Gasteiger partial charge on any atom is 0.239 e. The molecule has 2 aromatic heterocycles. The van der Waals surface area contributed by atoms with Crippen molar-refractivity contribution < 1.29 is 4.79 Å². The van der Waals surface area contributed by atoms with Crippen LogP contribution in [0.4, 0.5) is 11.8 Å². The second-order valence-electron chi connectivity index (χ2n) is 6.79. The Morgan fingerprint density at radius 2 is 2.11 bits per heavy atom. The minimum atomic E-state index is -0.275. The Bertz CT molecular complexity index is 766. The molecule has 0 unspecified atom stereocenters. The zero-order valence-electron chi connectivity index (χ0n) is 16.1.